The molecule has 27 heavy (non-hydrogen) atoms. The third-order valence-electron chi connectivity index (χ3n) is 3.85. The lowest BCUT2D eigenvalue weighted by Gasteiger charge is -2.17. The first-order valence-corrected chi connectivity index (χ1v) is 10.9. The number of Topliss-reactive ketones (excluding diaryl/α,β-unsaturated/α-hetero) is 1. The highest BCUT2D eigenvalue weighted by Gasteiger charge is 2.20. The summed E-state index contributed by atoms with van der Waals surface area (Å²) in [4.78, 5) is 12.5. The highest BCUT2D eigenvalue weighted by molar-refractivity contribution is 8.21. The molecule has 2 heterocycles. The highest BCUT2D eigenvalue weighted by atomic mass is 35.5. The molecule has 0 radical (unpaired) electrons. The van der Waals surface area contributed by atoms with Gasteiger partial charge < -0.3 is 10.1 Å². The third-order valence-corrected chi connectivity index (χ3v) is 6.11. The minimum Gasteiger partial charge on any atom is -0.481 e. The van der Waals surface area contributed by atoms with Crippen molar-refractivity contribution < 1.29 is 9.53 Å². The van der Waals surface area contributed by atoms with Crippen LogP contribution in [0.1, 0.15) is 13.3 Å². The number of aromatic nitrogens is 3. The summed E-state index contributed by atoms with van der Waals surface area (Å²) in [7, 11) is -0.314. The molecular formula is C18H20Cl2N4O2S. The van der Waals surface area contributed by atoms with Gasteiger partial charge in [-0.25, -0.2) is 4.68 Å². The second kappa shape index (κ2) is 9.30. The average Bonchev–Trinajstić information content (AvgIpc) is 3.31. The fraction of sp³-hybridized carbons (Fsp3) is 0.278. The molecule has 0 saturated carbocycles. The second-order valence-electron chi connectivity index (χ2n) is 5.89. The first-order valence-electron chi connectivity index (χ1n) is 8.44. The Balaban J connectivity index is 1.53. The monoisotopic (exact) mass is 426 g/mol. The molecule has 1 N–H and O–H groups in total. The smallest absolute Gasteiger partial charge is 0.192 e. The first-order chi connectivity index (χ1) is 13.0. The molecule has 144 valence electrons. The van der Waals surface area contributed by atoms with Crippen LogP contribution in [0, 0.1) is 0 Å². The van der Waals surface area contributed by atoms with Gasteiger partial charge in [0.2, 0.25) is 0 Å². The normalized spacial score (nSPS) is 15.1. The van der Waals surface area contributed by atoms with Crippen LogP contribution in [-0.4, -0.2) is 33.4 Å². The van der Waals surface area contributed by atoms with E-state index in [2.05, 4.69) is 26.4 Å². The van der Waals surface area contributed by atoms with Gasteiger partial charge in [-0.2, -0.15) is 10.9 Å². The number of hydrogen-bond acceptors (Lipinski definition) is 5. The minimum absolute atomic E-state index is 0.0934. The van der Waals surface area contributed by atoms with Crippen LogP contribution >= 0.6 is 34.1 Å². The summed E-state index contributed by atoms with van der Waals surface area (Å²) < 4.78 is 7.54. The van der Waals surface area contributed by atoms with Crippen molar-refractivity contribution in [3.05, 3.63) is 57.4 Å². The number of halogens is 2. The molecule has 2 aromatic rings. The van der Waals surface area contributed by atoms with Gasteiger partial charge >= 0.3 is 0 Å². The van der Waals surface area contributed by atoms with Gasteiger partial charge in [-0.05, 0) is 35.4 Å². The molecule has 1 aromatic carbocycles. The van der Waals surface area contributed by atoms with Gasteiger partial charge in [0.05, 0.1) is 23.6 Å². The van der Waals surface area contributed by atoms with Crippen LogP contribution in [0.5, 0.6) is 5.75 Å². The molecule has 9 heteroatoms. The summed E-state index contributed by atoms with van der Waals surface area (Å²) >= 11 is 12.0. The van der Waals surface area contributed by atoms with Crippen LogP contribution in [0.25, 0.3) is 0 Å². The van der Waals surface area contributed by atoms with Crippen LogP contribution in [0.4, 0.5) is 5.82 Å². The standard InChI is InChI=1S/C18H20Cl2N4O2S/c1-2-16(26-17-6-5-13(19)9-14(17)20)15(25)10-21-18-11-24(23-22-18)12-27-7-3-4-8-27/h3-9,11,16,21,27H,2,10,12H2,1H3. The van der Waals surface area contributed by atoms with E-state index < -0.39 is 6.10 Å². The van der Waals surface area contributed by atoms with E-state index in [1.165, 1.54) is 0 Å². The SMILES string of the molecule is CCC(Oc1ccc(Cl)cc1Cl)C(=O)CNc1cn(C[SH]2C=CC=C2)nn1. The molecule has 1 aliphatic heterocycles. The van der Waals surface area contributed by atoms with Gasteiger partial charge in [-0.3, -0.25) is 4.79 Å². The molecule has 3 rings (SSSR count). The number of nitrogens with zero attached hydrogens (tertiary/aromatic N) is 3. The van der Waals surface area contributed by atoms with Crippen molar-refractivity contribution in [3.63, 3.8) is 0 Å². The Morgan fingerprint density at radius 2 is 2.11 bits per heavy atom. The second-order valence-corrected chi connectivity index (χ2v) is 8.64. The summed E-state index contributed by atoms with van der Waals surface area (Å²) in [6.07, 6.45) is 5.79. The van der Waals surface area contributed by atoms with E-state index >= 15 is 0 Å². The number of thiol groups is 1. The maximum atomic E-state index is 12.5. The number of ketones is 1. The molecule has 6 nitrogen and oxygen atoms in total. The summed E-state index contributed by atoms with van der Waals surface area (Å²) in [5.41, 5.74) is 0. The van der Waals surface area contributed by atoms with Crippen LogP contribution in [-0.2, 0) is 10.7 Å². The number of allylic oxidation sites excluding steroid dienone is 2. The predicted octanol–water partition coefficient (Wildman–Crippen LogP) is 4.42. The van der Waals surface area contributed by atoms with Gasteiger partial charge in [0, 0.05) is 5.02 Å². The molecule has 0 aliphatic carbocycles. The van der Waals surface area contributed by atoms with E-state index in [1.807, 2.05) is 19.1 Å². The van der Waals surface area contributed by atoms with Crippen molar-refractivity contribution in [1.29, 1.82) is 0 Å². The Kier molecular flexibility index (Phi) is 6.82. The van der Waals surface area contributed by atoms with E-state index in [-0.39, 0.29) is 23.2 Å². The van der Waals surface area contributed by atoms with E-state index in [0.29, 0.717) is 28.0 Å². The van der Waals surface area contributed by atoms with Crippen molar-refractivity contribution in [3.8, 4) is 5.75 Å². The Morgan fingerprint density at radius 1 is 1.33 bits per heavy atom. The zero-order chi connectivity index (χ0) is 19.2. The van der Waals surface area contributed by atoms with Crippen LogP contribution < -0.4 is 10.1 Å². The lowest BCUT2D eigenvalue weighted by atomic mass is 10.2. The number of rotatable bonds is 9. The molecule has 1 atom stereocenters. The van der Waals surface area contributed by atoms with E-state index in [1.54, 1.807) is 29.1 Å². The summed E-state index contributed by atoms with van der Waals surface area (Å²) in [5, 5.41) is 16.4. The highest BCUT2D eigenvalue weighted by Crippen LogP contribution is 2.34. The van der Waals surface area contributed by atoms with Gasteiger partial charge in [0.25, 0.3) is 0 Å². The van der Waals surface area contributed by atoms with Crippen LogP contribution in [0.2, 0.25) is 10.0 Å². The fourth-order valence-electron chi connectivity index (χ4n) is 2.47. The fourth-order valence-corrected chi connectivity index (χ4v) is 4.33. The Labute approximate surface area is 170 Å². The number of hydrogen-bond donors (Lipinski definition) is 2. The molecule has 0 bridgehead atoms. The number of benzene rings is 1. The van der Waals surface area contributed by atoms with Crippen molar-refractivity contribution in [2.45, 2.75) is 25.3 Å². The maximum Gasteiger partial charge on any atom is 0.192 e. The lowest BCUT2D eigenvalue weighted by molar-refractivity contribution is -0.124. The first kappa shape index (κ1) is 19.8. The molecule has 1 aliphatic rings. The topological polar surface area (TPSA) is 69.0 Å². The number of ether oxygens (including phenoxy) is 1. The number of anilines is 1. The van der Waals surface area contributed by atoms with Gasteiger partial charge in [-0.1, -0.05) is 47.5 Å². The molecule has 1 unspecified atom stereocenters. The van der Waals surface area contributed by atoms with Crippen LogP contribution in [0.3, 0.4) is 0 Å². The van der Waals surface area contributed by atoms with Crippen molar-refractivity contribution in [2.24, 2.45) is 0 Å². The quantitative estimate of drug-likeness (QED) is 0.580. The van der Waals surface area contributed by atoms with E-state index in [0.717, 1.165) is 5.88 Å². The summed E-state index contributed by atoms with van der Waals surface area (Å²) in [6, 6.07) is 4.92. The Morgan fingerprint density at radius 3 is 2.81 bits per heavy atom. The van der Waals surface area contributed by atoms with E-state index in [9.17, 15) is 4.79 Å². The summed E-state index contributed by atoms with van der Waals surface area (Å²) in [6.45, 7) is 1.98. The Hall–Kier alpha value is -1.96. The lowest BCUT2D eigenvalue weighted by Crippen LogP contribution is -2.32. The third kappa shape index (κ3) is 5.51. The molecular weight excluding hydrogens is 407 g/mol. The van der Waals surface area contributed by atoms with E-state index in [4.69, 9.17) is 27.9 Å². The Bertz CT molecular complexity index is 857. The number of carbonyl (C=O) groups excluding carboxylic acids is 1. The van der Waals surface area contributed by atoms with Crippen molar-refractivity contribution in [2.75, 3.05) is 11.9 Å². The zero-order valence-electron chi connectivity index (χ0n) is 14.7. The molecule has 1 aromatic heterocycles. The van der Waals surface area contributed by atoms with Crippen LogP contribution in [0.15, 0.2) is 47.4 Å². The van der Waals surface area contributed by atoms with Crippen molar-refractivity contribution in [1.82, 2.24) is 15.0 Å². The predicted molar refractivity (Wildman–Crippen MR) is 112 cm³/mol. The van der Waals surface area contributed by atoms with Crippen molar-refractivity contribution >= 4 is 45.7 Å². The minimum atomic E-state index is -0.608. The van der Waals surface area contributed by atoms with Gasteiger partial charge in [0.15, 0.2) is 17.7 Å². The summed E-state index contributed by atoms with van der Waals surface area (Å²) in [5.74, 6) is 1.68. The molecule has 0 amide bonds. The number of carbonyl (C=O) groups is 1. The molecule has 0 spiro atoms. The molecule has 0 fully saturated rings. The largest absolute Gasteiger partial charge is 0.481 e. The molecule has 0 saturated heterocycles. The maximum absolute atomic E-state index is 12.5. The zero-order valence-corrected chi connectivity index (χ0v) is 17.1. The van der Waals surface area contributed by atoms with Gasteiger partial charge in [-0.15, -0.1) is 5.10 Å². The van der Waals surface area contributed by atoms with Gasteiger partial charge in [0.1, 0.15) is 5.75 Å². The number of nitrogens with one attached hydrogen (secondary N) is 1. The average molecular weight is 427 g/mol.